The summed E-state index contributed by atoms with van der Waals surface area (Å²) < 4.78 is 17.6. The molecule has 1 amide bonds. The minimum atomic E-state index is -0.995. The predicted molar refractivity (Wildman–Crippen MR) is 177 cm³/mol. The molecule has 12 heteroatoms. The number of nitrogens with zero attached hydrogens (tertiary/aromatic N) is 7. The largest absolute Gasteiger partial charge is 0.467 e. The summed E-state index contributed by atoms with van der Waals surface area (Å²) in [6, 6.07) is 14.5. The van der Waals surface area contributed by atoms with Crippen LogP contribution in [0.15, 0.2) is 36.4 Å². The van der Waals surface area contributed by atoms with Crippen molar-refractivity contribution >= 4 is 28.4 Å². The molecule has 1 atom stereocenters. The van der Waals surface area contributed by atoms with Crippen molar-refractivity contribution in [2.45, 2.75) is 63.1 Å². The molecule has 1 saturated carbocycles. The zero-order valence-electron chi connectivity index (χ0n) is 27.1. The molecule has 2 aromatic carbocycles. The van der Waals surface area contributed by atoms with E-state index < -0.39 is 12.1 Å². The van der Waals surface area contributed by atoms with Gasteiger partial charge in [-0.2, -0.15) is 15.2 Å². The third kappa shape index (κ3) is 6.47. The number of rotatable bonds is 10. The number of aromatic nitrogens is 2. The molecule has 2 saturated heterocycles. The number of anilines is 2. The lowest BCUT2D eigenvalue weighted by Crippen LogP contribution is -2.55. The summed E-state index contributed by atoms with van der Waals surface area (Å²) in [5, 5.41) is 21.5. The summed E-state index contributed by atoms with van der Waals surface area (Å²) in [7, 11) is 1.61. The second-order valence-corrected chi connectivity index (χ2v) is 13.1. The molecule has 248 valence electrons. The van der Waals surface area contributed by atoms with Crippen LogP contribution in [0, 0.1) is 11.3 Å². The van der Waals surface area contributed by atoms with Crippen LogP contribution in [-0.2, 0) is 17.7 Å². The van der Waals surface area contributed by atoms with E-state index in [-0.39, 0.29) is 18.8 Å². The highest BCUT2D eigenvalue weighted by atomic mass is 16.7. The zero-order valence-corrected chi connectivity index (χ0v) is 27.1. The number of hydrogen-bond acceptors (Lipinski definition) is 10. The van der Waals surface area contributed by atoms with Crippen LogP contribution < -0.4 is 19.3 Å². The molecule has 3 fully saturated rings. The molecular weight excluding hydrogens is 598 g/mol. The maximum atomic E-state index is 12.0. The van der Waals surface area contributed by atoms with Crippen molar-refractivity contribution < 1.29 is 24.1 Å². The van der Waals surface area contributed by atoms with E-state index in [0.29, 0.717) is 45.2 Å². The number of piperazine rings is 1. The Labute approximate surface area is 275 Å². The molecule has 0 bridgehead atoms. The van der Waals surface area contributed by atoms with E-state index in [1.165, 1.54) is 24.2 Å². The number of likely N-dealkylation sites (tertiary alicyclic amines) is 1. The number of carboxylic acid groups (broad SMARTS) is 1. The van der Waals surface area contributed by atoms with Gasteiger partial charge in [0.25, 0.3) is 0 Å². The van der Waals surface area contributed by atoms with E-state index in [1.807, 2.05) is 12.1 Å². The fourth-order valence-corrected chi connectivity index (χ4v) is 7.50. The minimum absolute atomic E-state index is 0.0679. The van der Waals surface area contributed by atoms with Crippen LogP contribution in [0.4, 0.5) is 16.3 Å². The summed E-state index contributed by atoms with van der Waals surface area (Å²) in [5.74, 6) is 1.54. The van der Waals surface area contributed by atoms with Crippen LogP contribution in [0.5, 0.6) is 11.8 Å². The fraction of sp³-hybridized carbons (Fsp3) is 0.543. The van der Waals surface area contributed by atoms with Gasteiger partial charge in [-0.1, -0.05) is 30.7 Å². The number of piperidine rings is 1. The quantitative estimate of drug-likeness (QED) is 0.311. The molecule has 12 nitrogen and oxygen atoms in total. The average molecular weight is 642 g/mol. The summed E-state index contributed by atoms with van der Waals surface area (Å²) >= 11 is 0. The normalized spacial score (nSPS) is 20.9. The van der Waals surface area contributed by atoms with Gasteiger partial charge >= 0.3 is 12.1 Å². The Hall–Kier alpha value is -4.34. The maximum Gasteiger partial charge on any atom is 0.407 e. The fourth-order valence-electron chi connectivity index (χ4n) is 7.50. The van der Waals surface area contributed by atoms with Gasteiger partial charge in [0.05, 0.1) is 36.3 Å². The molecule has 1 unspecified atom stereocenters. The van der Waals surface area contributed by atoms with Gasteiger partial charge in [-0.25, -0.2) is 4.79 Å². The van der Waals surface area contributed by atoms with Crippen LogP contribution in [0.1, 0.15) is 49.8 Å². The highest BCUT2D eigenvalue weighted by Gasteiger charge is 2.49. The maximum absolute atomic E-state index is 12.0. The van der Waals surface area contributed by atoms with E-state index in [2.05, 4.69) is 45.0 Å². The lowest BCUT2D eigenvalue weighted by atomic mass is 10.0. The first-order valence-corrected chi connectivity index (χ1v) is 16.8. The molecule has 1 aromatic heterocycles. The van der Waals surface area contributed by atoms with Gasteiger partial charge in [-0.3, -0.25) is 4.90 Å². The average Bonchev–Trinajstić information content (AvgIpc) is 3.90. The Balaban J connectivity index is 1.21. The first-order chi connectivity index (χ1) is 23.0. The van der Waals surface area contributed by atoms with Crippen molar-refractivity contribution in [1.82, 2.24) is 19.8 Å². The lowest BCUT2D eigenvalue weighted by Gasteiger charge is -2.41. The Morgan fingerprint density at radius 2 is 1.87 bits per heavy atom. The third-order valence-corrected chi connectivity index (χ3v) is 10.2. The second-order valence-electron chi connectivity index (χ2n) is 13.1. The molecule has 0 radical (unpaired) electrons. The Bertz CT molecular complexity index is 1650. The van der Waals surface area contributed by atoms with Gasteiger partial charge in [0.15, 0.2) is 6.79 Å². The van der Waals surface area contributed by atoms with Crippen molar-refractivity contribution in [1.29, 1.82) is 5.26 Å². The van der Waals surface area contributed by atoms with E-state index in [0.717, 1.165) is 71.8 Å². The SMILES string of the molecule is COCOc1cc(N2CCc3c(nc(OCC4(N5CCCCC5)CC4)nc3N3CCN(C(=O)O)C(CC#N)C3)C2)c2ccccc2c1. The van der Waals surface area contributed by atoms with Gasteiger partial charge in [-0.15, -0.1) is 0 Å². The smallest absolute Gasteiger partial charge is 0.407 e. The number of nitriles is 1. The van der Waals surface area contributed by atoms with Gasteiger partial charge in [-0.05, 0) is 56.6 Å². The molecule has 7 rings (SSSR count). The standard InChI is InChI=1S/C35H43N7O5/c1-45-24-47-27-19-25-7-3-4-8-28(25)31(20-27)39-16-10-29-30(22-39)37-33(46-23-35(11-12-35)41-14-5-2-6-15-41)38-32(29)40-17-18-42(34(43)44)26(21-40)9-13-36/h3-4,7-8,19-20,26H,2,5-6,9-12,14-18,21-24H2,1H3,(H,43,44). The van der Waals surface area contributed by atoms with Crippen molar-refractivity contribution in [2.24, 2.45) is 0 Å². The van der Waals surface area contributed by atoms with E-state index in [9.17, 15) is 15.2 Å². The monoisotopic (exact) mass is 641 g/mol. The molecule has 4 heterocycles. The predicted octanol–water partition coefficient (Wildman–Crippen LogP) is 4.65. The van der Waals surface area contributed by atoms with Crippen LogP contribution in [-0.4, -0.2) is 102 Å². The molecular formula is C35H43N7O5. The number of ether oxygens (including phenoxy) is 3. The van der Waals surface area contributed by atoms with E-state index >= 15 is 0 Å². The summed E-state index contributed by atoms with van der Waals surface area (Å²) in [6.07, 6.45) is 5.85. The number of amides is 1. The van der Waals surface area contributed by atoms with Gasteiger partial charge in [0.2, 0.25) is 0 Å². The zero-order chi connectivity index (χ0) is 32.4. The number of hydrogen-bond donors (Lipinski definition) is 1. The summed E-state index contributed by atoms with van der Waals surface area (Å²) in [4.78, 5) is 30.5. The highest BCUT2D eigenvalue weighted by molar-refractivity contribution is 5.95. The van der Waals surface area contributed by atoms with Crippen molar-refractivity contribution in [2.75, 3.05) is 69.6 Å². The first-order valence-electron chi connectivity index (χ1n) is 16.8. The van der Waals surface area contributed by atoms with Gasteiger partial charge in [0.1, 0.15) is 18.2 Å². The number of carbonyl (C=O) groups is 1. The van der Waals surface area contributed by atoms with Crippen LogP contribution in [0.3, 0.4) is 0 Å². The lowest BCUT2D eigenvalue weighted by molar-refractivity contribution is 0.0512. The van der Waals surface area contributed by atoms with Crippen LogP contribution >= 0.6 is 0 Å². The van der Waals surface area contributed by atoms with E-state index in [1.54, 1.807) is 7.11 Å². The topological polar surface area (TPSA) is 128 Å². The van der Waals surface area contributed by atoms with Crippen LogP contribution in [0.25, 0.3) is 10.8 Å². The molecule has 0 spiro atoms. The Morgan fingerprint density at radius 1 is 1.04 bits per heavy atom. The Kier molecular flexibility index (Phi) is 8.92. The van der Waals surface area contributed by atoms with Gasteiger partial charge < -0.3 is 34.0 Å². The van der Waals surface area contributed by atoms with Crippen molar-refractivity contribution in [3.05, 3.63) is 47.7 Å². The summed E-state index contributed by atoms with van der Waals surface area (Å²) in [5.41, 5.74) is 3.09. The van der Waals surface area contributed by atoms with Crippen molar-refractivity contribution in [3.63, 3.8) is 0 Å². The first kappa shape index (κ1) is 31.3. The molecule has 1 N–H and O–H groups in total. The number of fused-ring (bicyclic) bond motifs is 2. The number of methoxy groups -OCH3 is 1. The second kappa shape index (κ2) is 13.4. The molecule has 47 heavy (non-hydrogen) atoms. The van der Waals surface area contributed by atoms with Crippen LogP contribution in [0.2, 0.25) is 0 Å². The Morgan fingerprint density at radius 3 is 2.64 bits per heavy atom. The number of benzene rings is 2. The highest BCUT2D eigenvalue weighted by Crippen LogP contribution is 2.44. The van der Waals surface area contributed by atoms with Gasteiger partial charge in [0, 0.05) is 56.0 Å². The molecule has 1 aliphatic carbocycles. The van der Waals surface area contributed by atoms with Crippen molar-refractivity contribution in [3.8, 4) is 17.8 Å². The third-order valence-electron chi connectivity index (χ3n) is 10.2. The minimum Gasteiger partial charge on any atom is -0.467 e. The molecule has 3 aromatic rings. The molecule has 3 aliphatic heterocycles. The molecule has 4 aliphatic rings. The summed E-state index contributed by atoms with van der Waals surface area (Å²) in [6.45, 7) is 5.45. The van der Waals surface area contributed by atoms with E-state index in [4.69, 9.17) is 24.2 Å².